The number of amides is 2. The summed E-state index contributed by atoms with van der Waals surface area (Å²) < 4.78 is 20.7. The fraction of sp³-hybridized carbons (Fsp3) is 0.200. The first kappa shape index (κ1) is 22.1. The molecule has 2 aromatic carbocycles. The van der Waals surface area contributed by atoms with Crippen LogP contribution in [0.1, 0.15) is 29.6 Å². The van der Waals surface area contributed by atoms with Gasteiger partial charge in [-0.25, -0.2) is 4.39 Å². The lowest BCUT2D eigenvalue weighted by Crippen LogP contribution is -2.41. The molecule has 2 amide bonds. The SMILES string of the molecule is O=C(c1ccc(F)cc1)N1CCCC[C@H](Sc2nnc(-c3ccco3)n2-c2ccccc2)C1=O. The van der Waals surface area contributed by atoms with E-state index in [0.29, 0.717) is 36.1 Å². The summed E-state index contributed by atoms with van der Waals surface area (Å²) in [6.45, 7) is 0.328. The molecule has 3 heterocycles. The van der Waals surface area contributed by atoms with E-state index in [0.717, 1.165) is 12.1 Å². The Morgan fingerprint density at radius 1 is 1.00 bits per heavy atom. The van der Waals surface area contributed by atoms with Gasteiger partial charge in [0.25, 0.3) is 5.91 Å². The van der Waals surface area contributed by atoms with E-state index in [1.807, 2.05) is 34.9 Å². The minimum atomic E-state index is -0.511. The van der Waals surface area contributed by atoms with Crippen LogP contribution in [0.15, 0.2) is 82.6 Å². The summed E-state index contributed by atoms with van der Waals surface area (Å²) in [5.74, 6) is -0.0420. The third kappa shape index (κ3) is 4.38. The maximum absolute atomic E-state index is 13.4. The third-order valence-electron chi connectivity index (χ3n) is 5.61. The first-order chi connectivity index (χ1) is 16.6. The molecule has 0 N–H and O–H groups in total. The molecule has 1 saturated heterocycles. The van der Waals surface area contributed by atoms with Crippen molar-refractivity contribution < 1.29 is 18.4 Å². The third-order valence-corrected chi connectivity index (χ3v) is 6.81. The molecule has 172 valence electrons. The van der Waals surface area contributed by atoms with Crippen molar-refractivity contribution in [3.63, 3.8) is 0 Å². The molecular weight excluding hydrogens is 455 g/mol. The van der Waals surface area contributed by atoms with Gasteiger partial charge in [-0.05, 0) is 61.4 Å². The maximum atomic E-state index is 13.4. The second-order valence-electron chi connectivity index (χ2n) is 7.86. The minimum absolute atomic E-state index is 0.279. The van der Waals surface area contributed by atoms with E-state index in [9.17, 15) is 14.0 Å². The van der Waals surface area contributed by atoms with E-state index in [-0.39, 0.29) is 11.5 Å². The van der Waals surface area contributed by atoms with Crippen LogP contribution in [0.4, 0.5) is 4.39 Å². The molecule has 7 nitrogen and oxygen atoms in total. The first-order valence-corrected chi connectivity index (χ1v) is 11.8. The Balaban J connectivity index is 1.46. The van der Waals surface area contributed by atoms with E-state index in [1.165, 1.54) is 40.9 Å². The van der Waals surface area contributed by atoms with Crippen LogP contribution in [0.5, 0.6) is 0 Å². The summed E-state index contributed by atoms with van der Waals surface area (Å²) in [5.41, 5.74) is 1.12. The maximum Gasteiger partial charge on any atom is 0.260 e. The number of nitrogens with zero attached hydrogens (tertiary/aromatic N) is 4. The van der Waals surface area contributed by atoms with E-state index < -0.39 is 17.0 Å². The molecule has 0 aliphatic carbocycles. The summed E-state index contributed by atoms with van der Waals surface area (Å²) in [7, 11) is 0. The molecule has 1 aliphatic rings. The summed E-state index contributed by atoms with van der Waals surface area (Å²) in [4.78, 5) is 27.8. The van der Waals surface area contributed by atoms with E-state index in [1.54, 1.807) is 18.4 Å². The molecule has 4 aromatic rings. The van der Waals surface area contributed by atoms with Crippen molar-refractivity contribution in [1.29, 1.82) is 0 Å². The zero-order valence-corrected chi connectivity index (χ0v) is 19.0. The smallest absolute Gasteiger partial charge is 0.260 e. The number of furan rings is 1. The molecule has 1 fully saturated rings. The van der Waals surface area contributed by atoms with Crippen molar-refractivity contribution in [3.05, 3.63) is 84.4 Å². The van der Waals surface area contributed by atoms with Crippen molar-refractivity contribution in [3.8, 4) is 17.3 Å². The Hall–Kier alpha value is -3.72. The van der Waals surface area contributed by atoms with Crippen molar-refractivity contribution >= 4 is 23.6 Å². The number of hydrogen-bond donors (Lipinski definition) is 0. The van der Waals surface area contributed by atoms with Crippen LogP contribution in [0.3, 0.4) is 0 Å². The number of carbonyl (C=O) groups is 2. The van der Waals surface area contributed by atoms with Crippen LogP contribution in [-0.2, 0) is 4.79 Å². The van der Waals surface area contributed by atoms with Gasteiger partial charge >= 0.3 is 0 Å². The van der Waals surface area contributed by atoms with E-state index >= 15 is 0 Å². The second kappa shape index (κ2) is 9.64. The lowest BCUT2D eigenvalue weighted by atomic mass is 10.2. The number of para-hydroxylation sites is 1. The lowest BCUT2D eigenvalue weighted by Gasteiger charge is -2.22. The Labute approximate surface area is 199 Å². The lowest BCUT2D eigenvalue weighted by molar-refractivity contribution is -0.127. The van der Waals surface area contributed by atoms with Gasteiger partial charge in [0.05, 0.1) is 11.5 Å². The van der Waals surface area contributed by atoms with Crippen molar-refractivity contribution in [2.75, 3.05) is 6.54 Å². The van der Waals surface area contributed by atoms with E-state index in [4.69, 9.17) is 4.42 Å². The van der Waals surface area contributed by atoms with E-state index in [2.05, 4.69) is 10.2 Å². The monoisotopic (exact) mass is 476 g/mol. The van der Waals surface area contributed by atoms with Gasteiger partial charge in [-0.1, -0.05) is 36.4 Å². The number of thioether (sulfide) groups is 1. The van der Waals surface area contributed by atoms with Crippen LogP contribution >= 0.6 is 11.8 Å². The van der Waals surface area contributed by atoms with Gasteiger partial charge in [0.2, 0.25) is 11.7 Å². The molecule has 1 aliphatic heterocycles. The Morgan fingerprint density at radius 2 is 1.79 bits per heavy atom. The van der Waals surface area contributed by atoms with Crippen LogP contribution < -0.4 is 0 Å². The zero-order valence-electron chi connectivity index (χ0n) is 18.1. The highest BCUT2D eigenvalue weighted by Crippen LogP contribution is 2.34. The number of hydrogen-bond acceptors (Lipinski definition) is 6. The first-order valence-electron chi connectivity index (χ1n) is 10.9. The van der Waals surface area contributed by atoms with Crippen molar-refractivity contribution in [2.24, 2.45) is 0 Å². The highest BCUT2D eigenvalue weighted by atomic mass is 32.2. The summed E-state index contributed by atoms with van der Waals surface area (Å²) in [5, 5.41) is 8.72. The van der Waals surface area contributed by atoms with Crippen LogP contribution in [0.2, 0.25) is 0 Å². The number of aromatic nitrogens is 3. The topological polar surface area (TPSA) is 81.2 Å². The van der Waals surface area contributed by atoms with Crippen molar-refractivity contribution in [1.82, 2.24) is 19.7 Å². The second-order valence-corrected chi connectivity index (χ2v) is 9.03. The molecule has 0 bridgehead atoms. The molecule has 0 radical (unpaired) electrons. The number of rotatable bonds is 5. The molecular formula is C25H21FN4O3S. The number of imide groups is 1. The number of halogens is 1. The highest BCUT2D eigenvalue weighted by molar-refractivity contribution is 8.00. The normalized spacial score (nSPS) is 16.4. The fourth-order valence-electron chi connectivity index (χ4n) is 3.92. The molecule has 0 saturated carbocycles. The summed E-state index contributed by atoms with van der Waals surface area (Å²) in [6.07, 6.45) is 3.67. The van der Waals surface area contributed by atoms with Gasteiger partial charge in [-0.3, -0.25) is 19.1 Å². The number of benzene rings is 2. The molecule has 2 aromatic heterocycles. The van der Waals surface area contributed by atoms with Gasteiger partial charge < -0.3 is 4.42 Å². The molecule has 0 unspecified atom stereocenters. The standard InChI is InChI=1S/C25H21FN4O3S/c26-18-13-11-17(12-14-18)23(31)29-15-5-4-10-21(24(29)32)34-25-28-27-22(20-9-6-16-33-20)30(25)19-7-2-1-3-8-19/h1-3,6-9,11-14,16,21H,4-5,10,15H2/t21-/m0/s1. The fourth-order valence-corrected chi connectivity index (χ4v) is 5.07. The quantitative estimate of drug-likeness (QED) is 0.378. The van der Waals surface area contributed by atoms with Crippen molar-refractivity contribution in [2.45, 2.75) is 29.7 Å². The predicted octanol–water partition coefficient (Wildman–Crippen LogP) is 4.98. The molecule has 0 spiro atoms. The Morgan fingerprint density at radius 3 is 2.53 bits per heavy atom. The molecule has 34 heavy (non-hydrogen) atoms. The predicted molar refractivity (Wildman–Crippen MR) is 125 cm³/mol. The van der Waals surface area contributed by atoms with Crippen LogP contribution in [0, 0.1) is 5.82 Å². The Bertz CT molecular complexity index is 1290. The van der Waals surface area contributed by atoms with Crippen LogP contribution in [-0.4, -0.2) is 43.3 Å². The molecule has 9 heteroatoms. The Kier molecular flexibility index (Phi) is 6.27. The highest BCUT2D eigenvalue weighted by Gasteiger charge is 2.34. The molecule has 1 atom stereocenters. The van der Waals surface area contributed by atoms with Gasteiger partial charge in [-0.2, -0.15) is 0 Å². The minimum Gasteiger partial charge on any atom is -0.461 e. The number of likely N-dealkylation sites (tertiary alicyclic amines) is 1. The van der Waals surface area contributed by atoms with Gasteiger partial charge in [0.1, 0.15) is 5.82 Å². The average molecular weight is 477 g/mol. The summed E-state index contributed by atoms with van der Waals surface area (Å²) >= 11 is 1.29. The van der Waals surface area contributed by atoms with Crippen LogP contribution in [0.25, 0.3) is 17.3 Å². The summed E-state index contributed by atoms with van der Waals surface area (Å²) in [6, 6.07) is 18.4. The number of carbonyl (C=O) groups excluding carboxylic acids is 2. The average Bonchev–Trinajstić information content (AvgIpc) is 3.50. The van der Waals surface area contributed by atoms with Gasteiger partial charge in [-0.15, -0.1) is 10.2 Å². The van der Waals surface area contributed by atoms with Gasteiger partial charge in [0.15, 0.2) is 10.9 Å². The zero-order chi connectivity index (χ0) is 23.5. The largest absolute Gasteiger partial charge is 0.461 e. The molecule has 5 rings (SSSR count). The van der Waals surface area contributed by atoms with Gasteiger partial charge in [0, 0.05) is 17.8 Å².